The number of nitrogens with two attached hydrogens (primary N) is 2. The van der Waals surface area contributed by atoms with E-state index in [4.69, 9.17) is 16.0 Å². The molecule has 0 aliphatic heterocycles. The van der Waals surface area contributed by atoms with Crippen LogP contribution in [0.2, 0.25) is 0 Å². The number of hydrogen-bond donors (Lipinski definition) is 2. The fourth-order valence-corrected chi connectivity index (χ4v) is 4.81. The fourth-order valence-electron chi connectivity index (χ4n) is 2.60. The third-order valence-electron chi connectivity index (χ3n) is 3.83. The lowest BCUT2D eigenvalue weighted by Crippen LogP contribution is -2.35. The van der Waals surface area contributed by atoms with Gasteiger partial charge in [-0.1, -0.05) is 60.7 Å². The summed E-state index contributed by atoms with van der Waals surface area (Å²) in [4.78, 5) is 0. The largest absolute Gasteiger partial charge is 0.327 e. The van der Waals surface area contributed by atoms with E-state index in [2.05, 4.69) is 0 Å². The van der Waals surface area contributed by atoms with Crippen LogP contribution in [0.3, 0.4) is 0 Å². The Morgan fingerprint density at radius 2 is 1.25 bits per heavy atom. The molecule has 2 unspecified atom stereocenters. The van der Waals surface area contributed by atoms with Gasteiger partial charge in [0.05, 0.1) is 18.2 Å². The zero-order valence-corrected chi connectivity index (χ0v) is 15.6. The maximum absolute atomic E-state index is 13.3. The van der Waals surface area contributed by atoms with Crippen LogP contribution < -0.4 is 11.5 Å². The van der Waals surface area contributed by atoms with E-state index in [0.717, 1.165) is 11.1 Å². The number of benzene rings is 2. The number of halogens is 1. The minimum atomic E-state index is -3.18. The van der Waals surface area contributed by atoms with Crippen molar-refractivity contribution in [1.82, 2.24) is 0 Å². The minimum absolute atomic E-state index is 0. The second-order valence-corrected chi connectivity index (χ2v) is 8.45. The van der Waals surface area contributed by atoms with Crippen molar-refractivity contribution >= 4 is 19.8 Å². The molecular formula is C18H26ClN2O2P. The zero-order chi connectivity index (χ0) is 16.7. The molecule has 0 aromatic heterocycles. The topological polar surface area (TPSA) is 78.3 Å². The third-order valence-corrected chi connectivity index (χ3v) is 6.71. The average molecular weight is 369 g/mol. The van der Waals surface area contributed by atoms with Gasteiger partial charge in [-0.3, -0.25) is 4.57 Å². The predicted molar refractivity (Wildman–Crippen MR) is 103 cm³/mol. The van der Waals surface area contributed by atoms with E-state index in [1.54, 1.807) is 0 Å². The van der Waals surface area contributed by atoms with Gasteiger partial charge in [0.2, 0.25) is 7.37 Å². The molecule has 0 radical (unpaired) electrons. The number of rotatable bonds is 8. The van der Waals surface area contributed by atoms with Gasteiger partial charge in [0.25, 0.3) is 0 Å². The Labute approximate surface area is 150 Å². The summed E-state index contributed by atoms with van der Waals surface area (Å²) in [5.74, 6) is -1.22. The highest BCUT2D eigenvalue weighted by Crippen LogP contribution is 2.54. The minimum Gasteiger partial charge on any atom is -0.327 e. The Kier molecular flexibility index (Phi) is 8.68. The molecule has 0 saturated heterocycles. The highest BCUT2D eigenvalue weighted by Gasteiger charge is 2.37. The van der Waals surface area contributed by atoms with Crippen LogP contribution in [0.15, 0.2) is 60.7 Å². The Morgan fingerprint density at radius 1 is 0.875 bits per heavy atom. The molecule has 0 aliphatic rings. The summed E-state index contributed by atoms with van der Waals surface area (Å²) in [6, 6.07) is 19.5. The normalized spacial score (nSPS) is 15.8. The molecule has 2 rings (SSSR count). The molecular weight excluding hydrogens is 343 g/mol. The van der Waals surface area contributed by atoms with Crippen LogP contribution in [0.1, 0.15) is 18.1 Å². The van der Waals surface area contributed by atoms with Crippen LogP contribution >= 0.6 is 19.8 Å². The van der Waals surface area contributed by atoms with Gasteiger partial charge < -0.3 is 16.0 Å². The second kappa shape index (κ2) is 9.97. The summed E-state index contributed by atoms with van der Waals surface area (Å²) in [6.45, 7) is 2.15. The maximum atomic E-state index is 13.3. The van der Waals surface area contributed by atoms with Crippen LogP contribution in [0.5, 0.6) is 0 Å². The van der Waals surface area contributed by atoms with Gasteiger partial charge in [-0.25, -0.2) is 0 Å². The first-order valence-electron chi connectivity index (χ1n) is 7.89. The van der Waals surface area contributed by atoms with Crippen molar-refractivity contribution in [2.75, 3.05) is 6.61 Å². The highest BCUT2D eigenvalue weighted by molar-refractivity contribution is 7.60. The van der Waals surface area contributed by atoms with Gasteiger partial charge in [-0.2, -0.15) is 0 Å². The van der Waals surface area contributed by atoms with Crippen molar-refractivity contribution in [2.24, 2.45) is 11.5 Å². The van der Waals surface area contributed by atoms with E-state index in [9.17, 15) is 4.57 Å². The molecule has 0 heterocycles. The molecule has 24 heavy (non-hydrogen) atoms. The molecule has 2 aromatic carbocycles. The molecule has 0 spiro atoms. The maximum Gasteiger partial charge on any atom is 0.236 e. The summed E-state index contributed by atoms with van der Waals surface area (Å²) in [5, 5.41) is 0. The summed E-state index contributed by atoms with van der Waals surface area (Å²) < 4.78 is 19.0. The molecule has 0 bridgehead atoms. The first-order valence-corrected chi connectivity index (χ1v) is 9.65. The molecule has 2 atom stereocenters. The van der Waals surface area contributed by atoms with Crippen LogP contribution in [-0.2, 0) is 21.9 Å². The van der Waals surface area contributed by atoms with Gasteiger partial charge in [-0.05, 0) is 30.9 Å². The second-order valence-electron chi connectivity index (χ2n) is 5.58. The Balaban J connectivity index is 0.00000288. The lowest BCUT2D eigenvalue weighted by molar-refractivity contribution is 0.316. The lowest BCUT2D eigenvalue weighted by atomic mass is 10.1. The summed E-state index contributed by atoms with van der Waals surface area (Å²) >= 11 is 0. The van der Waals surface area contributed by atoms with Crippen molar-refractivity contribution in [1.29, 1.82) is 0 Å². The van der Waals surface area contributed by atoms with Crippen molar-refractivity contribution in [3.05, 3.63) is 71.8 Å². The van der Waals surface area contributed by atoms with Crippen LogP contribution in [0, 0.1) is 0 Å². The molecule has 0 saturated carbocycles. The molecule has 0 fully saturated rings. The third kappa shape index (κ3) is 5.44. The monoisotopic (exact) mass is 368 g/mol. The van der Waals surface area contributed by atoms with Crippen LogP contribution in [-0.4, -0.2) is 18.2 Å². The highest BCUT2D eigenvalue weighted by atomic mass is 35.5. The first-order chi connectivity index (χ1) is 11.1. The first kappa shape index (κ1) is 20.9. The summed E-state index contributed by atoms with van der Waals surface area (Å²) in [6.07, 6.45) is 0.973. The van der Waals surface area contributed by atoms with Crippen molar-refractivity contribution in [3.8, 4) is 0 Å². The van der Waals surface area contributed by atoms with Crippen LogP contribution in [0.4, 0.5) is 0 Å². The molecule has 4 N–H and O–H groups in total. The van der Waals surface area contributed by atoms with Gasteiger partial charge in [0.15, 0.2) is 0 Å². The standard InChI is InChI=1S/C18H25N2O2P.ClH/c1-2-22-23(21,17(19)13-15-9-5-3-6-10-15)18(20)14-16-11-7-4-8-12-16;/h3-12,17-18H,2,13-14,19-20H2,1H3;1H. The van der Waals surface area contributed by atoms with Gasteiger partial charge in [-0.15, -0.1) is 12.4 Å². The number of hydrogen-bond acceptors (Lipinski definition) is 4. The summed E-state index contributed by atoms with van der Waals surface area (Å²) in [7, 11) is -3.18. The zero-order valence-electron chi connectivity index (χ0n) is 13.9. The molecule has 2 aromatic rings. The van der Waals surface area contributed by atoms with E-state index in [0.29, 0.717) is 19.4 Å². The lowest BCUT2D eigenvalue weighted by Gasteiger charge is -2.29. The molecule has 6 heteroatoms. The van der Waals surface area contributed by atoms with Gasteiger partial charge in [0, 0.05) is 0 Å². The van der Waals surface area contributed by atoms with E-state index in [1.165, 1.54) is 0 Å². The Bertz CT molecular complexity index is 588. The fraction of sp³-hybridized carbons (Fsp3) is 0.333. The van der Waals surface area contributed by atoms with Gasteiger partial charge in [0.1, 0.15) is 0 Å². The smallest absolute Gasteiger partial charge is 0.236 e. The Hall–Kier alpha value is -1.16. The molecule has 0 aliphatic carbocycles. The van der Waals surface area contributed by atoms with Crippen molar-refractivity contribution < 1.29 is 9.09 Å². The Morgan fingerprint density at radius 3 is 1.58 bits per heavy atom. The summed E-state index contributed by atoms with van der Waals surface area (Å²) in [5.41, 5.74) is 14.6. The van der Waals surface area contributed by atoms with E-state index >= 15 is 0 Å². The molecule has 4 nitrogen and oxygen atoms in total. The van der Waals surface area contributed by atoms with Crippen molar-refractivity contribution in [2.45, 2.75) is 31.3 Å². The quantitative estimate of drug-likeness (QED) is 0.695. The predicted octanol–water partition coefficient (Wildman–Crippen LogP) is 3.78. The van der Waals surface area contributed by atoms with E-state index < -0.39 is 18.9 Å². The van der Waals surface area contributed by atoms with Crippen molar-refractivity contribution in [3.63, 3.8) is 0 Å². The van der Waals surface area contributed by atoms with E-state index in [1.807, 2.05) is 67.6 Å². The van der Waals surface area contributed by atoms with Gasteiger partial charge >= 0.3 is 0 Å². The molecule has 132 valence electrons. The molecule has 0 amide bonds. The van der Waals surface area contributed by atoms with Crippen LogP contribution in [0.25, 0.3) is 0 Å². The SMILES string of the molecule is CCOP(=O)(C(N)Cc1ccccc1)C(N)Cc1ccccc1.Cl. The van der Waals surface area contributed by atoms with E-state index in [-0.39, 0.29) is 12.4 Å². The average Bonchev–Trinajstić information content (AvgIpc) is 2.56.